The van der Waals surface area contributed by atoms with Crippen molar-refractivity contribution in [3.8, 4) is 5.75 Å². The van der Waals surface area contributed by atoms with E-state index in [0.29, 0.717) is 18.0 Å². The van der Waals surface area contributed by atoms with E-state index in [1.165, 1.54) is 0 Å². The molecular formula is C15H18N2O4. The molecule has 112 valence electrons. The molecule has 2 heterocycles. The summed E-state index contributed by atoms with van der Waals surface area (Å²) in [5, 5.41) is 12.4. The molecule has 2 atom stereocenters. The number of para-hydroxylation sites is 2. The predicted molar refractivity (Wildman–Crippen MR) is 76.4 cm³/mol. The van der Waals surface area contributed by atoms with Gasteiger partial charge in [-0.15, -0.1) is 0 Å². The lowest BCUT2D eigenvalue weighted by molar-refractivity contribution is -0.145. The fourth-order valence-corrected chi connectivity index (χ4v) is 2.85. The Labute approximate surface area is 122 Å². The van der Waals surface area contributed by atoms with E-state index in [1.807, 2.05) is 6.07 Å². The molecule has 2 unspecified atom stereocenters. The van der Waals surface area contributed by atoms with Crippen LogP contribution in [0, 0.1) is 5.92 Å². The molecule has 0 radical (unpaired) electrons. The minimum absolute atomic E-state index is 0.0239. The Hall–Kier alpha value is -2.08. The third-order valence-electron chi connectivity index (χ3n) is 3.96. The highest BCUT2D eigenvalue weighted by Crippen LogP contribution is 2.34. The van der Waals surface area contributed by atoms with Crippen LogP contribution in [0.15, 0.2) is 24.3 Å². The molecule has 1 fully saturated rings. The summed E-state index contributed by atoms with van der Waals surface area (Å²) in [5.41, 5.74) is 0.658. The summed E-state index contributed by atoms with van der Waals surface area (Å²) in [6, 6.07) is 7.09. The van der Waals surface area contributed by atoms with Gasteiger partial charge >= 0.3 is 5.97 Å². The third kappa shape index (κ3) is 2.71. The van der Waals surface area contributed by atoms with Gasteiger partial charge in [0.05, 0.1) is 18.2 Å². The van der Waals surface area contributed by atoms with E-state index in [4.69, 9.17) is 4.74 Å². The maximum atomic E-state index is 12.7. The van der Waals surface area contributed by atoms with Gasteiger partial charge < -0.3 is 20.1 Å². The first-order valence-corrected chi connectivity index (χ1v) is 7.17. The van der Waals surface area contributed by atoms with Crippen LogP contribution in [-0.4, -0.2) is 42.7 Å². The Balaban J connectivity index is 1.88. The van der Waals surface area contributed by atoms with E-state index >= 15 is 0 Å². The number of benzene rings is 1. The van der Waals surface area contributed by atoms with Crippen molar-refractivity contribution < 1.29 is 19.4 Å². The zero-order chi connectivity index (χ0) is 14.8. The molecule has 6 heteroatoms. The number of nitrogens with zero attached hydrogens (tertiary/aromatic N) is 1. The summed E-state index contributed by atoms with van der Waals surface area (Å²) in [7, 11) is 0. The summed E-state index contributed by atoms with van der Waals surface area (Å²) < 4.78 is 5.45. The number of piperidine rings is 1. The van der Waals surface area contributed by atoms with E-state index in [-0.39, 0.29) is 18.4 Å². The van der Waals surface area contributed by atoms with E-state index in [1.54, 1.807) is 23.1 Å². The Morgan fingerprint density at radius 3 is 2.86 bits per heavy atom. The first-order valence-electron chi connectivity index (χ1n) is 7.17. The molecule has 1 aromatic carbocycles. The number of ether oxygens (including phenoxy) is 1. The normalized spacial score (nSPS) is 24.9. The molecule has 2 aliphatic rings. The van der Waals surface area contributed by atoms with Crippen molar-refractivity contribution in [2.75, 3.05) is 24.5 Å². The Morgan fingerprint density at radius 2 is 2.14 bits per heavy atom. The van der Waals surface area contributed by atoms with Crippen molar-refractivity contribution in [1.29, 1.82) is 0 Å². The number of anilines is 1. The van der Waals surface area contributed by atoms with Crippen LogP contribution >= 0.6 is 0 Å². The lowest BCUT2D eigenvalue weighted by Crippen LogP contribution is -2.51. The number of aliphatic carboxylic acids is 1. The number of carboxylic acid groups (broad SMARTS) is 1. The molecule has 2 N–H and O–H groups in total. The van der Waals surface area contributed by atoms with Crippen LogP contribution in [0.4, 0.5) is 5.69 Å². The highest BCUT2D eigenvalue weighted by Gasteiger charge is 2.36. The van der Waals surface area contributed by atoms with E-state index in [2.05, 4.69) is 5.32 Å². The second-order valence-electron chi connectivity index (χ2n) is 5.40. The van der Waals surface area contributed by atoms with Gasteiger partial charge in [0, 0.05) is 6.54 Å². The summed E-state index contributed by atoms with van der Waals surface area (Å²) in [6.07, 6.45) is 0.786. The maximum absolute atomic E-state index is 12.7. The topological polar surface area (TPSA) is 78.9 Å². The lowest BCUT2D eigenvalue weighted by atomic mass is 9.97. The third-order valence-corrected chi connectivity index (χ3v) is 3.96. The van der Waals surface area contributed by atoms with Gasteiger partial charge in [0.25, 0.3) is 0 Å². The average Bonchev–Trinajstić information content (AvgIpc) is 2.54. The molecule has 0 aliphatic carbocycles. The van der Waals surface area contributed by atoms with Crippen molar-refractivity contribution >= 4 is 17.6 Å². The fourth-order valence-electron chi connectivity index (χ4n) is 2.85. The van der Waals surface area contributed by atoms with Gasteiger partial charge in [0.1, 0.15) is 5.75 Å². The average molecular weight is 290 g/mol. The number of amides is 1. The van der Waals surface area contributed by atoms with E-state index in [9.17, 15) is 14.7 Å². The van der Waals surface area contributed by atoms with Crippen molar-refractivity contribution in [1.82, 2.24) is 5.32 Å². The molecule has 21 heavy (non-hydrogen) atoms. The number of rotatable bonds is 2. The van der Waals surface area contributed by atoms with Gasteiger partial charge in [-0.05, 0) is 31.5 Å². The number of carbonyl (C=O) groups is 2. The Bertz CT molecular complexity index is 554. The number of hydrogen-bond acceptors (Lipinski definition) is 4. The SMILES string of the molecule is O=C(O)C1CN(C(=O)C2CCCNC2)c2ccccc2O1. The molecule has 2 aliphatic heterocycles. The number of carbonyl (C=O) groups excluding carboxylic acids is 1. The summed E-state index contributed by atoms with van der Waals surface area (Å²) >= 11 is 0. The summed E-state index contributed by atoms with van der Waals surface area (Å²) in [6.45, 7) is 1.64. The number of fused-ring (bicyclic) bond motifs is 1. The van der Waals surface area contributed by atoms with Gasteiger partial charge in [0.15, 0.2) is 0 Å². The predicted octanol–water partition coefficient (Wildman–Crippen LogP) is 0.865. The largest absolute Gasteiger partial charge is 0.478 e. The summed E-state index contributed by atoms with van der Waals surface area (Å²) in [5.74, 6) is -0.721. The standard InChI is InChI=1S/C15H18N2O4/c18-14(10-4-3-7-16-8-10)17-9-13(15(19)20)21-12-6-2-1-5-11(12)17/h1-2,5-6,10,13,16H,3-4,7-9H2,(H,19,20). The first kappa shape index (κ1) is 13.9. The molecule has 0 bridgehead atoms. The van der Waals surface area contributed by atoms with Crippen molar-refractivity contribution in [2.45, 2.75) is 18.9 Å². The molecule has 3 rings (SSSR count). The quantitative estimate of drug-likeness (QED) is 0.845. The number of nitrogens with one attached hydrogen (secondary N) is 1. The van der Waals surface area contributed by atoms with Crippen LogP contribution in [0.3, 0.4) is 0 Å². The number of carboxylic acids is 1. The smallest absolute Gasteiger partial charge is 0.346 e. The Morgan fingerprint density at radius 1 is 1.33 bits per heavy atom. The van der Waals surface area contributed by atoms with Gasteiger partial charge in [0.2, 0.25) is 12.0 Å². The zero-order valence-corrected chi connectivity index (χ0v) is 11.6. The lowest BCUT2D eigenvalue weighted by Gasteiger charge is -2.36. The van der Waals surface area contributed by atoms with Crippen molar-refractivity contribution in [2.24, 2.45) is 5.92 Å². The highest BCUT2D eigenvalue weighted by molar-refractivity contribution is 5.98. The van der Waals surface area contributed by atoms with Gasteiger partial charge in [-0.1, -0.05) is 12.1 Å². The first-order chi connectivity index (χ1) is 10.2. The van der Waals surface area contributed by atoms with Gasteiger partial charge in [-0.2, -0.15) is 0 Å². The van der Waals surface area contributed by atoms with Crippen LogP contribution in [0.1, 0.15) is 12.8 Å². The van der Waals surface area contributed by atoms with E-state index in [0.717, 1.165) is 19.4 Å². The highest BCUT2D eigenvalue weighted by atomic mass is 16.5. The fraction of sp³-hybridized carbons (Fsp3) is 0.467. The second-order valence-corrected chi connectivity index (χ2v) is 5.40. The minimum Gasteiger partial charge on any atom is -0.478 e. The molecule has 6 nitrogen and oxygen atoms in total. The summed E-state index contributed by atoms with van der Waals surface area (Å²) in [4.78, 5) is 25.5. The van der Waals surface area contributed by atoms with Crippen LogP contribution in [0.25, 0.3) is 0 Å². The molecule has 0 saturated carbocycles. The molecule has 1 amide bonds. The zero-order valence-electron chi connectivity index (χ0n) is 11.6. The molecular weight excluding hydrogens is 272 g/mol. The van der Waals surface area contributed by atoms with Crippen LogP contribution in [0.5, 0.6) is 5.75 Å². The minimum atomic E-state index is -1.05. The van der Waals surface area contributed by atoms with E-state index < -0.39 is 12.1 Å². The van der Waals surface area contributed by atoms with Crippen molar-refractivity contribution in [3.05, 3.63) is 24.3 Å². The molecule has 0 aromatic heterocycles. The van der Waals surface area contributed by atoms with Gasteiger partial charge in [-0.25, -0.2) is 4.79 Å². The monoisotopic (exact) mass is 290 g/mol. The maximum Gasteiger partial charge on any atom is 0.346 e. The van der Waals surface area contributed by atoms with Gasteiger partial charge in [-0.3, -0.25) is 4.79 Å². The second kappa shape index (κ2) is 5.73. The molecule has 1 aromatic rings. The number of hydrogen-bond donors (Lipinski definition) is 2. The van der Waals surface area contributed by atoms with Crippen LogP contribution < -0.4 is 15.0 Å². The molecule has 1 saturated heterocycles. The van der Waals surface area contributed by atoms with Crippen molar-refractivity contribution in [3.63, 3.8) is 0 Å². The van der Waals surface area contributed by atoms with Crippen LogP contribution in [-0.2, 0) is 9.59 Å². The Kier molecular flexibility index (Phi) is 3.79. The van der Waals surface area contributed by atoms with Crippen LogP contribution in [0.2, 0.25) is 0 Å². The molecule has 0 spiro atoms.